The fourth-order valence-corrected chi connectivity index (χ4v) is 2.23. The van der Waals surface area contributed by atoms with Crippen molar-refractivity contribution < 1.29 is 9.59 Å². The molecule has 0 aliphatic carbocycles. The molecule has 6 nitrogen and oxygen atoms in total. The largest absolute Gasteiger partial charge is 0.350 e. The first-order chi connectivity index (χ1) is 11.4. The van der Waals surface area contributed by atoms with E-state index in [9.17, 15) is 9.59 Å². The summed E-state index contributed by atoms with van der Waals surface area (Å²) >= 11 is 0. The predicted octanol–water partition coefficient (Wildman–Crippen LogP) is 2.19. The molecule has 6 heteroatoms. The Balaban J connectivity index is 2.00. The highest BCUT2D eigenvalue weighted by molar-refractivity contribution is 5.95. The van der Waals surface area contributed by atoms with E-state index < -0.39 is 0 Å². The van der Waals surface area contributed by atoms with Gasteiger partial charge in [0.2, 0.25) is 0 Å². The average molecular weight is 328 g/mol. The van der Waals surface area contributed by atoms with Gasteiger partial charge in [0.25, 0.3) is 11.8 Å². The number of rotatable bonds is 6. The maximum Gasteiger partial charge on any atom is 0.255 e. The molecule has 0 saturated carbocycles. The molecule has 0 fully saturated rings. The quantitative estimate of drug-likeness (QED) is 0.853. The lowest BCUT2D eigenvalue weighted by atomic mass is 10.1. The smallest absolute Gasteiger partial charge is 0.255 e. The lowest BCUT2D eigenvalue weighted by Crippen LogP contribution is -2.32. The molecular formula is C18H24N4O2. The minimum atomic E-state index is -0.171. The van der Waals surface area contributed by atoms with Crippen LogP contribution in [0.5, 0.6) is 0 Å². The number of nitrogens with zero attached hydrogens (tertiary/aromatic N) is 2. The molecule has 2 amide bonds. The van der Waals surface area contributed by atoms with Gasteiger partial charge in [-0.25, -0.2) is 0 Å². The number of amides is 2. The van der Waals surface area contributed by atoms with Crippen molar-refractivity contribution >= 4 is 11.8 Å². The van der Waals surface area contributed by atoms with Crippen LogP contribution < -0.4 is 10.6 Å². The Kier molecular flexibility index (Phi) is 5.73. The summed E-state index contributed by atoms with van der Waals surface area (Å²) < 4.78 is 1.66. The van der Waals surface area contributed by atoms with Crippen LogP contribution >= 0.6 is 0 Å². The number of aromatic nitrogens is 2. The minimum absolute atomic E-state index is 0.0966. The van der Waals surface area contributed by atoms with Gasteiger partial charge in [0.05, 0.1) is 11.8 Å². The number of nitrogens with one attached hydrogen (secondary N) is 2. The number of aryl methyl sites for hydroxylation is 1. The summed E-state index contributed by atoms with van der Waals surface area (Å²) in [5.41, 5.74) is 2.85. The highest BCUT2D eigenvalue weighted by Crippen LogP contribution is 2.08. The molecule has 0 bridgehead atoms. The Bertz CT molecular complexity index is 736. The molecule has 128 valence electrons. The van der Waals surface area contributed by atoms with Gasteiger partial charge in [0.15, 0.2) is 0 Å². The number of carbonyl (C=O) groups excluding carboxylic acids is 2. The van der Waals surface area contributed by atoms with Crippen molar-refractivity contribution in [1.29, 1.82) is 0 Å². The van der Waals surface area contributed by atoms with Crippen LogP contribution in [-0.2, 0) is 13.6 Å². The summed E-state index contributed by atoms with van der Waals surface area (Å²) in [5, 5.41) is 9.87. The molecule has 1 heterocycles. The number of hydrogen-bond acceptors (Lipinski definition) is 3. The molecule has 0 aliphatic heterocycles. The van der Waals surface area contributed by atoms with E-state index in [0.717, 1.165) is 17.7 Å². The first-order valence-electron chi connectivity index (χ1n) is 8.09. The van der Waals surface area contributed by atoms with Crippen molar-refractivity contribution in [3.05, 3.63) is 52.8 Å². The van der Waals surface area contributed by atoms with E-state index in [1.54, 1.807) is 30.1 Å². The highest BCUT2D eigenvalue weighted by Gasteiger charge is 2.13. The Morgan fingerprint density at radius 3 is 2.67 bits per heavy atom. The van der Waals surface area contributed by atoms with Gasteiger partial charge in [-0.2, -0.15) is 5.10 Å². The second-order valence-electron chi connectivity index (χ2n) is 5.93. The average Bonchev–Trinajstić information content (AvgIpc) is 2.92. The van der Waals surface area contributed by atoms with Crippen molar-refractivity contribution in [3.63, 3.8) is 0 Å². The number of carbonyl (C=O) groups is 2. The van der Waals surface area contributed by atoms with E-state index in [4.69, 9.17) is 0 Å². The lowest BCUT2D eigenvalue weighted by molar-refractivity contribution is 0.0936. The van der Waals surface area contributed by atoms with Gasteiger partial charge in [-0.05, 0) is 38.0 Å². The van der Waals surface area contributed by atoms with E-state index in [0.29, 0.717) is 17.7 Å². The van der Waals surface area contributed by atoms with Crippen molar-refractivity contribution in [3.8, 4) is 0 Å². The second-order valence-corrected chi connectivity index (χ2v) is 5.93. The van der Waals surface area contributed by atoms with Gasteiger partial charge in [-0.1, -0.05) is 19.1 Å². The number of hydrogen-bond donors (Lipinski definition) is 2. The monoisotopic (exact) mass is 328 g/mol. The molecule has 0 spiro atoms. The molecule has 1 aromatic carbocycles. The molecule has 2 aromatic rings. The topological polar surface area (TPSA) is 76.0 Å². The van der Waals surface area contributed by atoms with Crippen LogP contribution in [0.3, 0.4) is 0 Å². The van der Waals surface area contributed by atoms with Crippen molar-refractivity contribution in [1.82, 2.24) is 20.4 Å². The molecule has 0 radical (unpaired) electrons. The summed E-state index contributed by atoms with van der Waals surface area (Å²) in [5.74, 6) is -0.268. The Hall–Kier alpha value is -2.63. The molecule has 0 saturated heterocycles. The van der Waals surface area contributed by atoms with Crippen LogP contribution in [0.4, 0.5) is 0 Å². The third-order valence-corrected chi connectivity index (χ3v) is 4.11. The third kappa shape index (κ3) is 4.22. The molecule has 2 rings (SSSR count). The van der Waals surface area contributed by atoms with Gasteiger partial charge in [-0.15, -0.1) is 0 Å². The second kappa shape index (κ2) is 7.77. The molecule has 1 aromatic heterocycles. The predicted molar refractivity (Wildman–Crippen MR) is 92.8 cm³/mol. The van der Waals surface area contributed by atoms with Gasteiger partial charge < -0.3 is 10.6 Å². The van der Waals surface area contributed by atoms with E-state index in [-0.39, 0.29) is 17.9 Å². The van der Waals surface area contributed by atoms with Crippen LogP contribution in [0.2, 0.25) is 0 Å². The van der Waals surface area contributed by atoms with E-state index >= 15 is 0 Å². The molecular weight excluding hydrogens is 304 g/mol. The SMILES string of the molecule is CCC(C)NC(=O)c1cccc(CNC(=O)c2cnn(C)c2C)c1. The van der Waals surface area contributed by atoms with E-state index in [2.05, 4.69) is 15.7 Å². The molecule has 2 N–H and O–H groups in total. The van der Waals surface area contributed by atoms with Crippen LogP contribution in [0.25, 0.3) is 0 Å². The first-order valence-corrected chi connectivity index (χ1v) is 8.09. The number of benzene rings is 1. The molecule has 1 unspecified atom stereocenters. The van der Waals surface area contributed by atoms with Crippen LogP contribution in [0, 0.1) is 6.92 Å². The van der Waals surface area contributed by atoms with Crippen molar-refractivity contribution in [2.45, 2.75) is 39.8 Å². The van der Waals surface area contributed by atoms with Crippen molar-refractivity contribution in [2.24, 2.45) is 7.05 Å². The Morgan fingerprint density at radius 2 is 2.04 bits per heavy atom. The standard InChI is InChI=1S/C18H24N4O2/c1-5-12(2)21-17(23)15-8-6-7-14(9-15)10-19-18(24)16-11-20-22(4)13(16)3/h6-9,11-12H,5,10H2,1-4H3,(H,19,24)(H,21,23). The zero-order valence-electron chi connectivity index (χ0n) is 14.6. The summed E-state index contributed by atoms with van der Waals surface area (Å²) in [6, 6.07) is 7.41. The van der Waals surface area contributed by atoms with Crippen LogP contribution in [0.15, 0.2) is 30.5 Å². The zero-order valence-corrected chi connectivity index (χ0v) is 14.6. The van der Waals surface area contributed by atoms with Gasteiger partial charge in [0.1, 0.15) is 0 Å². The molecule has 1 atom stereocenters. The zero-order chi connectivity index (χ0) is 17.7. The van der Waals surface area contributed by atoms with Crippen LogP contribution in [0.1, 0.15) is 52.2 Å². The van der Waals surface area contributed by atoms with Gasteiger partial charge >= 0.3 is 0 Å². The maximum absolute atomic E-state index is 12.2. The first kappa shape index (κ1) is 17.7. The normalized spacial score (nSPS) is 11.8. The summed E-state index contributed by atoms with van der Waals surface area (Å²) in [6.07, 6.45) is 2.44. The van der Waals surface area contributed by atoms with Crippen LogP contribution in [-0.4, -0.2) is 27.6 Å². The maximum atomic E-state index is 12.2. The summed E-state index contributed by atoms with van der Waals surface area (Å²) in [6.45, 7) is 6.20. The fourth-order valence-electron chi connectivity index (χ4n) is 2.23. The molecule has 24 heavy (non-hydrogen) atoms. The van der Waals surface area contributed by atoms with E-state index in [1.165, 1.54) is 0 Å². The third-order valence-electron chi connectivity index (χ3n) is 4.11. The summed E-state index contributed by atoms with van der Waals surface area (Å²) in [4.78, 5) is 24.4. The Morgan fingerprint density at radius 1 is 1.29 bits per heavy atom. The van der Waals surface area contributed by atoms with Gasteiger partial charge in [-0.3, -0.25) is 14.3 Å². The highest BCUT2D eigenvalue weighted by atomic mass is 16.2. The lowest BCUT2D eigenvalue weighted by Gasteiger charge is -2.12. The van der Waals surface area contributed by atoms with E-state index in [1.807, 2.05) is 32.9 Å². The molecule has 0 aliphatic rings. The Labute approximate surface area is 142 Å². The minimum Gasteiger partial charge on any atom is -0.350 e. The fraction of sp³-hybridized carbons (Fsp3) is 0.389. The van der Waals surface area contributed by atoms with Gasteiger partial charge in [0, 0.05) is 30.9 Å². The van der Waals surface area contributed by atoms with Crippen molar-refractivity contribution in [2.75, 3.05) is 0 Å². The summed E-state index contributed by atoms with van der Waals surface area (Å²) in [7, 11) is 1.80.